The Morgan fingerprint density at radius 3 is 2.78 bits per heavy atom. The van der Waals surface area contributed by atoms with Gasteiger partial charge in [-0.1, -0.05) is 23.4 Å². The van der Waals surface area contributed by atoms with E-state index in [1.807, 2.05) is 44.2 Å². The van der Waals surface area contributed by atoms with Gasteiger partial charge in [0.15, 0.2) is 0 Å². The maximum Gasteiger partial charge on any atom is 0.306 e. The number of fused-ring (bicyclic) bond motifs is 2. The summed E-state index contributed by atoms with van der Waals surface area (Å²) in [7, 11) is 0.0180. The molecule has 3 heterocycles. The fraction of sp³-hybridized carbons (Fsp3) is 0.379. The van der Waals surface area contributed by atoms with Crippen molar-refractivity contribution in [3.63, 3.8) is 0 Å². The van der Waals surface area contributed by atoms with Crippen LogP contribution < -0.4 is 9.47 Å². The topological polar surface area (TPSA) is 132 Å². The summed E-state index contributed by atoms with van der Waals surface area (Å²) in [4.78, 5) is 17.2. The van der Waals surface area contributed by atoms with E-state index in [0.717, 1.165) is 27.8 Å². The van der Waals surface area contributed by atoms with Gasteiger partial charge in [-0.05, 0) is 55.2 Å². The fourth-order valence-electron chi connectivity index (χ4n) is 5.22. The number of carbonyl (C=O) groups is 1. The van der Waals surface area contributed by atoms with Crippen LogP contribution in [0.5, 0.6) is 11.5 Å². The van der Waals surface area contributed by atoms with Crippen molar-refractivity contribution in [1.82, 2.24) is 24.3 Å². The molecule has 1 unspecified atom stereocenters. The summed E-state index contributed by atoms with van der Waals surface area (Å²) in [5, 5.41) is 8.41. The summed E-state index contributed by atoms with van der Waals surface area (Å²) in [6.07, 6.45) is 2.84. The van der Waals surface area contributed by atoms with Crippen LogP contribution in [-0.4, -0.2) is 65.7 Å². The molecule has 2 atom stereocenters. The minimum atomic E-state index is -3.37. The van der Waals surface area contributed by atoms with Gasteiger partial charge in [0, 0.05) is 31.8 Å². The van der Waals surface area contributed by atoms with Crippen LogP contribution in [0.3, 0.4) is 0 Å². The lowest BCUT2D eigenvalue weighted by molar-refractivity contribution is -0.143. The van der Waals surface area contributed by atoms with Crippen LogP contribution >= 0.6 is 10.8 Å². The zero-order valence-corrected chi connectivity index (χ0v) is 24.6. The van der Waals surface area contributed by atoms with Crippen LogP contribution in [0, 0.1) is 6.92 Å². The predicted molar refractivity (Wildman–Crippen MR) is 155 cm³/mol. The molecule has 0 aliphatic carbocycles. The lowest BCUT2D eigenvalue weighted by Gasteiger charge is -2.41. The van der Waals surface area contributed by atoms with Gasteiger partial charge >= 0.3 is 5.97 Å². The largest absolute Gasteiger partial charge is 0.494 e. The Hall–Kier alpha value is -3.71. The Labute approximate surface area is 240 Å². The van der Waals surface area contributed by atoms with Crippen molar-refractivity contribution in [2.45, 2.75) is 50.7 Å². The van der Waals surface area contributed by atoms with Crippen LogP contribution in [0.4, 0.5) is 0 Å². The van der Waals surface area contributed by atoms with E-state index in [0.29, 0.717) is 23.6 Å². The van der Waals surface area contributed by atoms with Gasteiger partial charge in [0.1, 0.15) is 33.5 Å². The summed E-state index contributed by atoms with van der Waals surface area (Å²) in [6, 6.07) is 11.5. The number of ether oxygens (including phenoxy) is 3. The molecule has 5 rings (SSSR count). The van der Waals surface area contributed by atoms with E-state index in [4.69, 9.17) is 14.2 Å². The normalized spacial score (nSPS) is 18.2. The van der Waals surface area contributed by atoms with Crippen LogP contribution in [-0.2, 0) is 23.1 Å². The Kier molecular flexibility index (Phi) is 8.18. The number of hydrogen-bond donors (Lipinski definition) is 2. The number of hydrogen-bond acceptors (Lipinski definition) is 10. The molecule has 0 saturated carbocycles. The highest BCUT2D eigenvalue weighted by atomic mass is 32.3. The summed E-state index contributed by atoms with van der Waals surface area (Å²) in [6.45, 7) is 6.49. The zero-order chi connectivity index (χ0) is 29.3. The smallest absolute Gasteiger partial charge is 0.306 e. The first-order chi connectivity index (χ1) is 19.6. The molecule has 0 spiro atoms. The lowest BCUT2D eigenvalue weighted by Crippen LogP contribution is -2.33. The van der Waals surface area contributed by atoms with E-state index < -0.39 is 10.8 Å². The van der Waals surface area contributed by atoms with Crippen molar-refractivity contribution in [3.05, 3.63) is 71.0 Å². The molecule has 0 fully saturated rings. The molecule has 0 radical (unpaired) electrons. The van der Waals surface area contributed by atoms with E-state index in [2.05, 4.69) is 15.3 Å². The molecule has 218 valence electrons. The van der Waals surface area contributed by atoms with Crippen molar-refractivity contribution in [1.29, 1.82) is 0 Å². The van der Waals surface area contributed by atoms with Crippen molar-refractivity contribution in [2.75, 3.05) is 20.3 Å². The molecule has 4 aromatic rings. The second-order valence-corrected chi connectivity index (χ2v) is 12.1. The third kappa shape index (κ3) is 5.73. The molecule has 41 heavy (non-hydrogen) atoms. The second kappa shape index (κ2) is 11.6. The highest BCUT2D eigenvalue weighted by Gasteiger charge is 2.34. The molecular formula is C29H35N5O6S. The Morgan fingerprint density at radius 2 is 2.02 bits per heavy atom. The van der Waals surface area contributed by atoms with Gasteiger partial charge in [-0.15, -0.1) is 15.9 Å². The Balaban J connectivity index is 1.55. The first-order valence-corrected chi connectivity index (χ1v) is 14.9. The SMILES string of the molecule is CCOC(=O)CC(c1ccc(C)c(CN2C[C@@H](C)Oc3ccncc3S2(O)O)c1)c1cc(OC)c2c(c1)nnn2C. The van der Waals surface area contributed by atoms with Crippen LogP contribution in [0.2, 0.25) is 0 Å². The third-order valence-electron chi connectivity index (χ3n) is 7.30. The van der Waals surface area contributed by atoms with Gasteiger partial charge in [0.05, 0.1) is 32.9 Å². The number of esters is 1. The van der Waals surface area contributed by atoms with Crippen LogP contribution in [0.15, 0.2) is 53.7 Å². The van der Waals surface area contributed by atoms with E-state index in [1.54, 1.807) is 42.3 Å². The van der Waals surface area contributed by atoms with Crippen molar-refractivity contribution in [2.24, 2.45) is 7.05 Å². The van der Waals surface area contributed by atoms with E-state index in [9.17, 15) is 13.9 Å². The number of nitrogens with zero attached hydrogens (tertiary/aromatic N) is 5. The van der Waals surface area contributed by atoms with Crippen molar-refractivity contribution >= 4 is 27.8 Å². The molecular weight excluding hydrogens is 546 g/mol. The van der Waals surface area contributed by atoms with Crippen molar-refractivity contribution in [3.8, 4) is 11.5 Å². The average Bonchev–Trinajstić information content (AvgIpc) is 3.28. The molecule has 2 aromatic carbocycles. The zero-order valence-electron chi connectivity index (χ0n) is 23.8. The summed E-state index contributed by atoms with van der Waals surface area (Å²) >= 11 is 0. The molecule has 0 bridgehead atoms. The highest BCUT2D eigenvalue weighted by molar-refractivity contribution is 8.22. The third-order valence-corrected chi connectivity index (χ3v) is 9.19. The van der Waals surface area contributed by atoms with Gasteiger partial charge in [-0.25, -0.2) is 4.68 Å². The molecule has 11 nitrogen and oxygen atoms in total. The summed E-state index contributed by atoms with van der Waals surface area (Å²) < 4.78 is 43.1. The number of methoxy groups -OCH3 is 1. The van der Waals surface area contributed by atoms with E-state index in [1.165, 1.54) is 6.20 Å². The highest BCUT2D eigenvalue weighted by Crippen LogP contribution is 2.57. The summed E-state index contributed by atoms with van der Waals surface area (Å²) in [5.41, 5.74) is 4.99. The van der Waals surface area contributed by atoms with Crippen molar-refractivity contribution < 1.29 is 28.1 Å². The van der Waals surface area contributed by atoms with Gasteiger partial charge in [-0.3, -0.25) is 18.9 Å². The Morgan fingerprint density at radius 1 is 1.22 bits per heavy atom. The monoisotopic (exact) mass is 581 g/mol. The summed E-state index contributed by atoms with van der Waals surface area (Å²) in [5.74, 6) is 0.328. The standard InChI is InChI=1S/C29H35N5O6S/c1-6-39-28(35)14-23(21-12-24-29(26(13-21)38-5)33(4)32-31-24)20-8-7-18(2)22(11-20)17-34-16-19(3)40-25-9-10-30-15-27(25)41(34,36)37/h7-13,15,19,23,36-37H,6,14,16-17H2,1-5H3/t19-,23?/m1/s1. The first-order valence-electron chi connectivity index (χ1n) is 13.4. The number of carbonyl (C=O) groups excluding carboxylic acids is 1. The second-order valence-electron chi connectivity index (χ2n) is 10.1. The molecule has 2 aromatic heterocycles. The molecule has 0 amide bonds. The fourth-order valence-corrected chi connectivity index (χ4v) is 6.83. The number of rotatable bonds is 8. The number of aryl methyl sites for hydroxylation is 2. The van der Waals surface area contributed by atoms with Crippen LogP contribution in [0.1, 0.15) is 48.4 Å². The lowest BCUT2D eigenvalue weighted by atomic mass is 9.86. The number of pyridine rings is 1. The van der Waals surface area contributed by atoms with Gasteiger partial charge < -0.3 is 14.2 Å². The molecule has 1 aliphatic rings. The molecule has 12 heteroatoms. The minimum absolute atomic E-state index is 0.105. The number of aromatic nitrogens is 4. The number of benzene rings is 2. The quantitative estimate of drug-likeness (QED) is 0.272. The van der Waals surface area contributed by atoms with Crippen LogP contribution in [0.25, 0.3) is 11.0 Å². The maximum absolute atomic E-state index is 12.8. The average molecular weight is 582 g/mol. The molecule has 1 aliphatic heterocycles. The maximum atomic E-state index is 12.8. The van der Waals surface area contributed by atoms with Gasteiger partial charge in [0.2, 0.25) is 0 Å². The predicted octanol–water partition coefficient (Wildman–Crippen LogP) is 5.07. The molecule has 0 saturated heterocycles. The van der Waals surface area contributed by atoms with E-state index >= 15 is 0 Å². The Bertz CT molecular complexity index is 1570. The molecule has 2 N–H and O–H groups in total. The van der Waals surface area contributed by atoms with Gasteiger partial charge in [-0.2, -0.15) is 4.31 Å². The minimum Gasteiger partial charge on any atom is -0.494 e. The van der Waals surface area contributed by atoms with E-state index in [-0.39, 0.29) is 42.5 Å². The van der Waals surface area contributed by atoms with Gasteiger partial charge in [0.25, 0.3) is 0 Å². The first kappa shape index (κ1) is 28.8.